The Bertz CT molecular complexity index is 412. The molecule has 5 heteroatoms. The molecule has 1 N–H and O–H groups in total. The number of carbonyl (C=O) groups is 1. The summed E-state index contributed by atoms with van der Waals surface area (Å²) in [5.74, 6) is -0.143. The molecule has 0 saturated carbocycles. The highest BCUT2D eigenvalue weighted by atomic mass is 16.5. The number of carbonyl (C=O) groups excluding carboxylic acids is 1. The third-order valence-corrected chi connectivity index (χ3v) is 3.33. The Morgan fingerprint density at radius 3 is 2.79 bits per heavy atom. The van der Waals surface area contributed by atoms with Gasteiger partial charge in [0.05, 0.1) is 12.7 Å². The van der Waals surface area contributed by atoms with Crippen LogP contribution in [-0.4, -0.2) is 43.0 Å². The normalized spacial score (nSPS) is 24.1. The van der Waals surface area contributed by atoms with E-state index in [4.69, 9.17) is 4.74 Å². The first kappa shape index (κ1) is 14.1. The topological polar surface area (TPSA) is 49.8 Å². The molecule has 19 heavy (non-hydrogen) atoms. The van der Waals surface area contributed by atoms with Gasteiger partial charge >= 0.3 is 0 Å². The van der Waals surface area contributed by atoms with Crippen LogP contribution >= 0.6 is 0 Å². The summed E-state index contributed by atoms with van der Waals surface area (Å²) in [6, 6.07) is 9.76. The molecular formula is C14H19BNO3. The highest BCUT2D eigenvalue weighted by Crippen LogP contribution is 2.29. The molecule has 1 heterocycles. The molecule has 0 aromatic heterocycles. The maximum Gasteiger partial charge on any atom is 0.249 e. The Balaban J connectivity index is 2.18. The van der Waals surface area contributed by atoms with Crippen molar-refractivity contribution in [2.24, 2.45) is 5.92 Å². The summed E-state index contributed by atoms with van der Waals surface area (Å²) < 4.78 is 5.71. The van der Waals surface area contributed by atoms with E-state index in [9.17, 15) is 9.90 Å². The van der Waals surface area contributed by atoms with Crippen molar-refractivity contribution in [2.45, 2.75) is 19.3 Å². The largest absolute Gasteiger partial charge is 0.396 e. The van der Waals surface area contributed by atoms with Gasteiger partial charge in [-0.15, -0.1) is 0 Å². The fraction of sp³-hybridized carbons (Fsp3) is 0.500. The molecule has 1 saturated heterocycles. The average Bonchev–Trinajstić information content (AvgIpc) is 2.60. The molecule has 1 amide bonds. The summed E-state index contributed by atoms with van der Waals surface area (Å²) in [6.07, 6.45) is 0.560. The zero-order valence-corrected chi connectivity index (χ0v) is 11.2. The maximum absolute atomic E-state index is 11.9. The van der Waals surface area contributed by atoms with Crippen molar-refractivity contribution in [3.63, 3.8) is 0 Å². The van der Waals surface area contributed by atoms with E-state index < -0.39 is 0 Å². The van der Waals surface area contributed by atoms with Crippen molar-refractivity contribution in [3.05, 3.63) is 35.9 Å². The number of aliphatic hydroxyl groups is 1. The van der Waals surface area contributed by atoms with Crippen LogP contribution in [0.15, 0.2) is 30.3 Å². The van der Waals surface area contributed by atoms with Gasteiger partial charge in [0.2, 0.25) is 13.3 Å². The number of hydrogen-bond acceptors (Lipinski definition) is 3. The van der Waals surface area contributed by atoms with Gasteiger partial charge in [0, 0.05) is 12.5 Å². The second-order valence-electron chi connectivity index (χ2n) is 4.72. The molecule has 1 aliphatic rings. The number of hydrogen-bond donors (Lipinski definition) is 1. The second-order valence-corrected chi connectivity index (χ2v) is 4.72. The number of nitrogens with zero attached hydrogens (tertiary/aromatic N) is 1. The Morgan fingerprint density at radius 2 is 2.16 bits per heavy atom. The molecule has 0 spiro atoms. The SMILES string of the molecule is CC[B]N1CC(CO)C(c2ccccc2)OCC1=O. The minimum atomic E-state index is -0.231. The lowest BCUT2D eigenvalue weighted by atomic mass is 9.85. The second kappa shape index (κ2) is 6.73. The van der Waals surface area contributed by atoms with E-state index in [0.29, 0.717) is 6.54 Å². The first-order valence-corrected chi connectivity index (χ1v) is 6.66. The molecule has 0 bridgehead atoms. The fourth-order valence-electron chi connectivity index (χ4n) is 2.39. The average molecular weight is 260 g/mol. The van der Waals surface area contributed by atoms with E-state index >= 15 is 0 Å². The molecule has 2 rings (SSSR count). The Labute approximate surface area is 114 Å². The fourth-order valence-corrected chi connectivity index (χ4v) is 2.39. The van der Waals surface area contributed by atoms with E-state index in [1.54, 1.807) is 4.81 Å². The van der Waals surface area contributed by atoms with Gasteiger partial charge in [0.15, 0.2) is 0 Å². The van der Waals surface area contributed by atoms with Gasteiger partial charge in [-0.1, -0.05) is 43.6 Å². The third kappa shape index (κ3) is 3.36. The Hall–Kier alpha value is -1.33. The lowest BCUT2D eigenvalue weighted by molar-refractivity contribution is -0.131. The summed E-state index contributed by atoms with van der Waals surface area (Å²) in [6.45, 7) is 2.55. The minimum absolute atomic E-state index is 0.000888. The third-order valence-electron chi connectivity index (χ3n) is 3.33. The summed E-state index contributed by atoms with van der Waals surface area (Å²) in [5.41, 5.74) is 1.01. The minimum Gasteiger partial charge on any atom is -0.396 e. The van der Waals surface area contributed by atoms with Crippen LogP contribution in [0.3, 0.4) is 0 Å². The molecule has 1 radical (unpaired) electrons. The highest BCUT2D eigenvalue weighted by molar-refractivity contribution is 6.36. The maximum atomic E-state index is 11.9. The zero-order valence-electron chi connectivity index (χ0n) is 11.2. The van der Waals surface area contributed by atoms with Crippen LogP contribution in [-0.2, 0) is 9.53 Å². The van der Waals surface area contributed by atoms with Gasteiger partial charge in [0.1, 0.15) is 6.61 Å². The van der Waals surface area contributed by atoms with Crippen LogP contribution in [0.25, 0.3) is 0 Å². The first-order chi connectivity index (χ1) is 9.26. The van der Waals surface area contributed by atoms with E-state index in [2.05, 4.69) is 0 Å². The van der Waals surface area contributed by atoms with Crippen LogP contribution in [0.1, 0.15) is 18.6 Å². The number of benzene rings is 1. The van der Waals surface area contributed by atoms with Crippen LogP contribution in [0, 0.1) is 5.92 Å². The molecule has 0 aliphatic carbocycles. The van der Waals surface area contributed by atoms with E-state index in [0.717, 1.165) is 11.9 Å². The molecule has 1 aromatic rings. The van der Waals surface area contributed by atoms with Crippen molar-refractivity contribution in [2.75, 3.05) is 19.8 Å². The van der Waals surface area contributed by atoms with Crippen molar-refractivity contribution in [1.82, 2.24) is 4.81 Å². The lowest BCUT2D eigenvalue weighted by Crippen LogP contribution is -2.38. The van der Waals surface area contributed by atoms with E-state index in [-0.39, 0.29) is 31.1 Å². The van der Waals surface area contributed by atoms with Crippen molar-refractivity contribution < 1.29 is 14.6 Å². The van der Waals surface area contributed by atoms with Crippen molar-refractivity contribution in [1.29, 1.82) is 0 Å². The smallest absolute Gasteiger partial charge is 0.249 e. The Morgan fingerprint density at radius 1 is 1.42 bits per heavy atom. The van der Waals surface area contributed by atoms with Gasteiger partial charge in [-0.25, -0.2) is 0 Å². The standard InChI is InChI=1S/C14H19BNO3/c1-2-15-16-8-12(9-17)14(19-10-13(16)18)11-6-4-3-5-7-11/h3-7,12,14,17H,2,8-10H2,1H3. The summed E-state index contributed by atoms with van der Waals surface area (Å²) in [7, 11) is 1.86. The van der Waals surface area contributed by atoms with Crippen molar-refractivity contribution >= 4 is 13.3 Å². The Kier molecular flexibility index (Phi) is 4.99. The van der Waals surface area contributed by atoms with Crippen molar-refractivity contribution in [3.8, 4) is 0 Å². The van der Waals surface area contributed by atoms with Crippen LogP contribution < -0.4 is 0 Å². The predicted octanol–water partition coefficient (Wildman–Crippen LogP) is 1.25. The quantitative estimate of drug-likeness (QED) is 0.829. The summed E-state index contributed by atoms with van der Waals surface area (Å²) in [5, 5.41) is 9.59. The molecule has 1 fully saturated rings. The van der Waals surface area contributed by atoms with Crippen LogP contribution in [0.5, 0.6) is 0 Å². The molecule has 1 aliphatic heterocycles. The van der Waals surface area contributed by atoms with Crippen LogP contribution in [0.2, 0.25) is 6.32 Å². The van der Waals surface area contributed by atoms with Gasteiger partial charge in [0.25, 0.3) is 0 Å². The zero-order chi connectivity index (χ0) is 13.7. The molecule has 2 unspecified atom stereocenters. The number of aliphatic hydroxyl groups excluding tert-OH is 1. The summed E-state index contributed by atoms with van der Waals surface area (Å²) >= 11 is 0. The lowest BCUT2D eigenvalue weighted by Gasteiger charge is -2.26. The van der Waals surface area contributed by atoms with Gasteiger partial charge < -0.3 is 14.7 Å². The summed E-state index contributed by atoms with van der Waals surface area (Å²) in [4.78, 5) is 13.6. The first-order valence-electron chi connectivity index (χ1n) is 6.66. The van der Waals surface area contributed by atoms with Crippen LogP contribution in [0.4, 0.5) is 0 Å². The van der Waals surface area contributed by atoms with Gasteiger partial charge in [-0.2, -0.15) is 0 Å². The molecular weight excluding hydrogens is 241 g/mol. The number of ether oxygens (including phenoxy) is 1. The number of amides is 1. The van der Waals surface area contributed by atoms with E-state index in [1.807, 2.05) is 44.7 Å². The molecule has 2 atom stereocenters. The number of rotatable bonds is 4. The van der Waals surface area contributed by atoms with Gasteiger partial charge in [-0.05, 0) is 5.56 Å². The molecule has 1 aromatic carbocycles. The van der Waals surface area contributed by atoms with E-state index in [1.165, 1.54) is 0 Å². The predicted molar refractivity (Wildman–Crippen MR) is 73.7 cm³/mol. The molecule has 101 valence electrons. The monoisotopic (exact) mass is 260 g/mol. The molecule has 4 nitrogen and oxygen atoms in total. The van der Waals surface area contributed by atoms with Gasteiger partial charge in [-0.3, -0.25) is 4.79 Å². The highest BCUT2D eigenvalue weighted by Gasteiger charge is 2.31.